The van der Waals surface area contributed by atoms with E-state index in [-0.39, 0.29) is 46.6 Å². The topological polar surface area (TPSA) is 130 Å². The summed E-state index contributed by atoms with van der Waals surface area (Å²) in [5.74, 6) is -3.55. The van der Waals surface area contributed by atoms with Crippen LogP contribution in [0, 0.1) is 0 Å². The van der Waals surface area contributed by atoms with Crippen molar-refractivity contribution in [3.05, 3.63) is 58.1 Å². The van der Waals surface area contributed by atoms with Crippen molar-refractivity contribution in [2.45, 2.75) is 26.3 Å². The number of hydrogen-bond donors (Lipinski definition) is 3. The van der Waals surface area contributed by atoms with Gasteiger partial charge in [-0.2, -0.15) is 0 Å². The normalized spacial score (nSPS) is 13.3. The van der Waals surface area contributed by atoms with Crippen molar-refractivity contribution in [2.24, 2.45) is 0 Å². The quantitative estimate of drug-likeness (QED) is 0.561. The maximum Gasteiger partial charge on any atom is 0.328 e. The van der Waals surface area contributed by atoms with Crippen molar-refractivity contribution in [1.29, 1.82) is 0 Å². The molecule has 1 unspecified atom stereocenters. The predicted octanol–water partition coefficient (Wildman–Crippen LogP) is 1.94. The second-order valence-corrected chi connectivity index (χ2v) is 6.46. The third-order valence-electron chi connectivity index (χ3n) is 4.65. The van der Waals surface area contributed by atoms with Gasteiger partial charge < -0.3 is 20.3 Å². The zero-order valence-electron chi connectivity index (χ0n) is 15.8. The van der Waals surface area contributed by atoms with E-state index in [1.807, 2.05) is 0 Å². The number of carbonyl (C=O) groups is 4. The van der Waals surface area contributed by atoms with Crippen LogP contribution in [0.1, 0.15) is 62.5 Å². The number of carbonyl (C=O) groups excluding carboxylic acids is 4. The lowest BCUT2D eigenvalue weighted by atomic mass is 9.82. The molecule has 1 atom stereocenters. The first kappa shape index (κ1) is 20.1. The van der Waals surface area contributed by atoms with Crippen LogP contribution in [0.4, 0.5) is 0 Å². The lowest BCUT2D eigenvalue weighted by Crippen LogP contribution is -2.41. The second-order valence-electron chi connectivity index (χ2n) is 6.46. The van der Waals surface area contributed by atoms with Crippen molar-refractivity contribution in [3.8, 4) is 11.5 Å². The van der Waals surface area contributed by atoms with Gasteiger partial charge in [0.25, 0.3) is 5.91 Å². The Kier molecular flexibility index (Phi) is 5.36. The first-order chi connectivity index (χ1) is 13.8. The van der Waals surface area contributed by atoms with Crippen molar-refractivity contribution in [2.75, 3.05) is 6.61 Å². The average molecular weight is 397 g/mol. The summed E-state index contributed by atoms with van der Waals surface area (Å²) in [5, 5.41) is 22.8. The molecule has 2 aromatic carbocycles. The van der Waals surface area contributed by atoms with E-state index in [0.29, 0.717) is 0 Å². The van der Waals surface area contributed by atoms with Gasteiger partial charge in [-0.05, 0) is 31.5 Å². The van der Waals surface area contributed by atoms with Crippen LogP contribution in [-0.2, 0) is 9.53 Å². The molecule has 2 aromatic rings. The van der Waals surface area contributed by atoms with Crippen LogP contribution in [0.2, 0.25) is 0 Å². The molecule has 0 heterocycles. The Labute approximate surface area is 166 Å². The number of esters is 1. The Balaban J connectivity index is 2.00. The Morgan fingerprint density at radius 3 is 2.34 bits per heavy atom. The summed E-state index contributed by atoms with van der Waals surface area (Å²) >= 11 is 0. The van der Waals surface area contributed by atoms with Gasteiger partial charge in [-0.15, -0.1) is 0 Å². The molecule has 150 valence electrons. The number of phenols is 2. The average Bonchev–Trinajstić information content (AvgIpc) is 2.69. The van der Waals surface area contributed by atoms with Crippen LogP contribution in [0.3, 0.4) is 0 Å². The van der Waals surface area contributed by atoms with E-state index in [1.54, 1.807) is 13.8 Å². The fourth-order valence-electron chi connectivity index (χ4n) is 3.23. The first-order valence-electron chi connectivity index (χ1n) is 9.06. The summed E-state index contributed by atoms with van der Waals surface area (Å²) in [6.45, 7) is 3.50. The highest BCUT2D eigenvalue weighted by molar-refractivity contribution is 6.30. The largest absolute Gasteiger partial charge is 0.507 e. The lowest BCUT2D eigenvalue weighted by Gasteiger charge is -2.20. The van der Waals surface area contributed by atoms with Gasteiger partial charge in [0.15, 0.2) is 5.78 Å². The SMILES string of the molecule is CCOC(=O)C(CC)NC(=O)c1cc(O)c2c(c1)C(=O)c1cccc(O)c1C2=O. The molecule has 1 aliphatic carbocycles. The molecule has 0 spiro atoms. The number of rotatable bonds is 5. The molecule has 0 radical (unpaired) electrons. The summed E-state index contributed by atoms with van der Waals surface area (Å²) in [7, 11) is 0. The lowest BCUT2D eigenvalue weighted by molar-refractivity contribution is -0.145. The number of fused-ring (bicyclic) bond motifs is 2. The van der Waals surface area contributed by atoms with E-state index in [4.69, 9.17) is 4.74 Å². The minimum Gasteiger partial charge on any atom is -0.507 e. The van der Waals surface area contributed by atoms with Gasteiger partial charge in [0.2, 0.25) is 5.78 Å². The van der Waals surface area contributed by atoms with E-state index in [1.165, 1.54) is 24.3 Å². The molecule has 1 aliphatic rings. The first-order valence-corrected chi connectivity index (χ1v) is 9.06. The molecule has 0 bridgehead atoms. The summed E-state index contributed by atoms with van der Waals surface area (Å²) in [6.07, 6.45) is 0.283. The van der Waals surface area contributed by atoms with Gasteiger partial charge in [-0.25, -0.2) is 4.79 Å². The molecule has 0 fully saturated rings. The number of hydrogen-bond acceptors (Lipinski definition) is 7. The van der Waals surface area contributed by atoms with Crippen molar-refractivity contribution in [1.82, 2.24) is 5.32 Å². The van der Waals surface area contributed by atoms with Crippen LogP contribution >= 0.6 is 0 Å². The van der Waals surface area contributed by atoms with E-state index in [2.05, 4.69) is 5.32 Å². The van der Waals surface area contributed by atoms with Gasteiger partial charge in [-0.3, -0.25) is 14.4 Å². The highest BCUT2D eigenvalue weighted by atomic mass is 16.5. The van der Waals surface area contributed by atoms with Gasteiger partial charge >= 0.3 is 5.97 Å². The number of nitrogens with one attached hydrogen (secondary N) is 1. The maximum atomic E-state index is 12.8. The van der Waals surface area contributed by atoms with E-state index in [9.17, 15) is 29.4 Å². The minimum absolute atomic E-state index is 0.0163. The summed E-state index contributed by atoms with van der Waals surface area (Å²) in [4.78, 5) is 50.0. The Hall–Kier alpha value is -3.68. The zero-order chi connectivity index (χ0) is 21.3. The summed E-state index contributed by atoms with van der Waals surface area (Å²) in [6, 6.07) is 5.42. The van der Waals surface area contributed by atoms with Crippen LogP contribution in [-0.4, -0.2) is 46.3 Å². The van der Waals surface area contributed by atoms with Gasteiger partial charge in [0.1, 0.15) is 17.5 Å². The predicted molar refractivity (Wildman–Crippen MR) is 101 cm³/mol. The summed E-state index contributed by atoms with van der Waals surface area (Å²) < 4.78 is 4.90. The molecule has 0 aromatic heterocycles. The monoisotopic (exact) mass is 397 g/mol. The van der Waals surface area contributed by atoms with Crippen LogP contribution < -0.4 is 5.32 Å². The fraction of sp³-hybridized carbons (Fsp3) is 0.238. The Morgan fingerprint density at radius 1 is 1.00 bits per heavy atom. The fourth-order valence-corrected chi connectivity index (χ4v) is 3.23. The molecule has 0 aliphatic heterocycles. The molecule has 8 heteroatoms. The zero-order valence-corrected chi connectivity index (χ0v) is 15.8. The van der Waals surface area contributed by atoms with Gasteiger partial charge in [-0.1, -0.05) is 19.1 Å². The number of ether oxygens (including phenoxy) is 1. The highest BCUT2D eigenvalue weighted by Crippen LogP contribution is 2.37. The number of amides is 1. The summed E-state index contributed by atoms with van der Waals surface area (Å²) in [5.41, 5.74) is -0.725. The number of benzene rings is 2. The van der Waals surface area contributed by atoms with E-state index >= 15 is 0 Å². The van der Waals surface area contributed by atoms with Crippen LogP contribution in [0.25, 0.3) is 0 Å². The van der Waals surface area contributed by atoms with E-state index in [0.717, 1.165) is 6.07 Å². The van der Waals surface area contributed by atoms with Gasteiger partial charge in [0.05, 0.1) is 17.7 Å². The third-order valence-corrected chi connectivity index (χ3v) is 4.65. The minimum atomic E-state index is -0.893. The van der Waals surface area contributed by atoms with Crippen molar-refractivity contribution in [3.63, 3.8) is 0 Å². The van der Waals surface area contributed by atoms with Crippen molar-refractivity contribution < 1.29 is 34.1 Å². The molecule has 29 heavy (non-hydrogen) atoms. The molecular weight excluding hydrogens is 378 g/mol. The van der Waals surface area contributed by atoms with Crippen molar-refractivity contribution >= 4 is 23.4 Å². The molecule has 8 nitrogen and oxygen atoms in total. The Bertz CT molecular complexity index is 1040. The number of aromatic hydroxyl groups is 2. The molecule has 0 saturated carbocycles. The van der Waals surface area contributed by atoms with Gasteiger partial charge in [0, 0.05) is 16.7 Å². The third kappa shape index (κ3) is 3.44. The molecule has 3 N–H and O–H groups in total. The number of phenolic OH excluding ortho intramolecular Hbond substituents is 2. The molecule has 1 amide bonds. The maximum absolute atomic E-state index is 12.8. The molecular formula is C21H19NO7. The van der Waals surface area contributed by atoms with Crippen LogP contribution in [0.15, 0.2) is 30.3 Å². The molecule has 3 rings (SSSR count). The standard InChI is InChI=1S/C21H19NO7/c1-3-13(21(28)29-4-2)22-20(27)10-8-12-17(15(24)9-10)19(26)16-11(18(12)25)6-5-7-14(16)23/h5-9,13,23-24H,3-4H2,1-2H3,(H,22,27). The second kappa shape index (κ2) is 7.75. The van der Waals surface area contributed by atoms with Crippen LogP contribution in [0.5, 0.6) is 11.5 Å². The highest BCUT2D eigenvalue weighted by Gasteiger charge is 2.35. The van der Waals surface area contributed by atoms with E-state index < -0.39 is 35.2 Å². The number of ketones is 2. The Morgan fingerprint density at radius 2 is 1.69 bits per heavy atom. The molecule has 0 saturated heterocycles. The smallest absolute Gasteiger partial charge is 0.328 e.